The van der Waals surface area contributed by atoms with E-state index in [1.165, 1.54) is 51.4 Å². The van der Waals surface area contributed by atoms with Crippen molar-refractivity contribution in [2.75, 3.05) is 13.1 Å². The van der Waals surface area contributed by atoms with Crippen LogP contribution in [0.4, 0.5) is 0 Å². The molecular formula is C17H35NO. The molecule has 2 nitrogen and oxygen atoms in total. The smallest absolute Gasteiger partial charge is 0.0810 e. The maximum atomic E-state index is 6.49. The average molecular weight is 269 g/mol. The van der Waals surface area contributed by atoms with E-state index in [1.807, 2.05) is 0 Å². The van der Waals surface area contributed by atoms with Crippen LogP contribution in [0.5, 0.6) is 0 Å². The molecule has 1 aliphatic rings. The minimum Gasteiger partial charge on any atom is -0.371 e. The summed E-state index contributed by atoms with van der Waals surface area (Å²) >= 11 is 0. The molecule has 0 aromatic heterocycles. The zero-order chi connectivity index (χ0) is 14.1. The Labute approximate surface area is 120 Å². The second-order valence-electron chi connectivity index (χ2n) is 6.41. The Morgan fingerprint density at radius 2 is 1.84 bits per heavy atom. The Hall–Kier alpha value is -0.0800. The standard InChI is InChI=1S/C17H35NO/c1-5-8-15(4)19-17(14-18-7-3)12-10-16(9-6-2)11-13-17/h15-16,18H,5-14H2,1-4H3. The summed E-state index contributed by atoms with van der Waals surface area (Å²) in [5, 5.41) is 3.53. The van der Waals surface area contributed by atoms with Crippen LogP contribution in [0.15, 0.2) is 0 Å². The highest BCUT2D eigenvalue weighted by Gasteiger charge is 2.36. The van der Waals surface area contributed by atoms with Gasteiger partial charge in [-0.1, -0.05) is 40.0 Å². The molecule has 1 N–H and O–H groups in total. The van der Waals surface area contributed by atoms with Crippen molar-refractivity contribution >= 4 is 0 Å². The van der Waals surface area contributed by atoms with Crippen LogP contribution in [0, 0.1) is 5.92 Å². The normalized spacial score (nSPS) is 29.4. The maximum absolute atomic E-state index is 6.49. The summed E-state index contributed by atoms with van der Waals surface area (Å²) in [6, 6.07) is 0. The van der Waals surface area contributed by atoms with Crippen molar-refractivity contribution < 1.29 is 4.74 Å². The third-order valence-electron chi connectivity index (χ3n) is 4.56. The molecule has 0 aliphatic heterocycles. The lowest BCUT2D eigenvalue weighted by molar-refractivity contribution is -0.114. The van der Waals surface area contributed by atoms with Gasteiger partial charge < -0.3 is 10.1 Å². The zero-order valence-electron chi connectivity index (χ0n) is 13.6. The lowest BCUT2D eigenvalue weighted by Gasteiger charge is -2.42. The van der Waals surface area contributed by atoms with Crippen LogP contribution in [0.3, 0.4) is 0 Å². The Morgan fingerprint density at radius 3 is 2.37 bits per heavy atom. The van der Waals surface area contributed by atoms with Crippen LogP contribution in [0.1, 0.15) is 79.1 Å². The minimum absolute atomic E-state index is 0.120. The van der Waals surface area contributed by atoms with E-state index in [2.05, 4.69) is 33.0 Å². The molecule has 1 rings (SSSR count). The Kier molecular flexibility index (Phi) is 8.01. The van der Waals surface area contributed by atoms with Crippen LogP contribution in [-0.2, 0) is 4.74 Å². The number of likely N-dealkylation sites (N-methyl/N-ethyl adjacent to an activating group) is 1. The Morgan fingerprint density at radius 1 is 1.16 bits per heavy atom. The Balaban J connectivity index is 2.52. The van der Waals surface area contributed by atoms with Crippen LogP contribution in [-0.4, -0.2) is 24.8 Å². The van der Waals surface area contributed by atoms with Gasteiger partial charge in [0.15, 0.2) is 0 Å². The van der Waals surface area contributed by atoms with Crippen molar-refractivity contribution in [1.29, 1.82) is 0 Å². The molecule has 1 saturated carbocycles. The molecule has 19 heavy (non-hydrogen) atoms. The lowest BCUT2D eigenvalue weighted by Crippen LogP contribution is -2.47. The van der Waals surface area contributed by atoms with E-state index in [0.29, 0.717) is 6.10 Å². The van der Waals surface area contributed by atoms with Gasteiger partial charge in [-0.15, -0.1) is 0 Å². The maximum Gasteiger partial charge on any atom is 0.0810 e. The van der Waals surface area contributed by atoms with Crippen LogP contribution < -0.4 is 5.32 Å². The summed E-state index contributed by atoms with van der Waals surface area (Å²) < 4.78 is 6.49. The van der Waals surface area contributed by atoms with E-state index >= 15 is 0 Å². The zero-order valence-corrected chi connectivity index (χ0v) is 13.6. The highest BCUT2D eigenvalue weighted by molar-refractivity contribution is 4.90. The first-order valence-electron chi connectivity index (χ1n) is 8.54. The number of rotatable bonds is 9. The molecule has 2 heteroatoms. The average Bonchev–Trinajstić information content (AvgIpc) is 2.40. The summed E-state index contributed by atoms with van der Waals surface area (Å²) in [6.45, 7) is 11.1. The molecule has 1 fully saturated rings. The van der Waals surface area contributed by atoms with Gasteiger partial charge in [0.05, 0.1) is 11.7 Å². The number of ether oxygens (including phenoxy) is 1. The third-order valence-corrected chi connectivity index (χ3v) is 4.56. The van der Waals surface area contributed by atoms with E-state index in [9.17, 15) is 0 Å². The first-order valence-corrected chi connectivity index (χ1v) is 8.54. The lowest BCUT2D eigenvalue weighted by atomic mass is 9.77. The molecule has 1 aliphatic carbocycles. The van der Waals surface area contributed by atoms with E-state index in [4.69, 9.17) is 4.74 Å². The van der Waals surface area contributed by atoms with Crippen molar-refractivity contribution in [3.8, 4) is 0 Å². The molecule has 114 valence electrons. The summed E-state index contributed by atoms with van der Waals surface area (Å²) in [5.41, 5.74) is 0.120. The highest BCUT2D eigenvalue weighted by Crippen LogP contribution is 2.37. The molecule has 0 radical (unpaired) electrons. The topological polar surface area (TPSA) is 21.3 Å². The van der Waals surface area contributed by atoms with Crippen molar-refractivity contribution in [3.05, 3.63) is 0 Å². The highest BCUT2D eigenvalue weighted by atomic mass is 16.5. The third kappa shape index (κ3) is 5.83. The molecule has 0 aromatic rings. The van der Waals surface area contributed by atoms with Gasteiger partial charge in [0.25, 0.3) is 0 Å². The van der Waals surface area contributed by atoms with Crippen molar-refractivity contribution in [1.82, 2.24) is 5.32 Å². The molecule has 0 heterocycles. The fourth-order valence-electron chi connectivity index (χ4n) is 3.48. The van der Waals surface area contributed by atoms with Gasteiger partial charge in [-0.25, -0.2) is 0 Å². The first-order chi connectivity index (χ1) is 9.15. The number of nitrogens with one attached hydrogen (secondary N) is 1. The molecule has 1 unspecified atom stereocenters. The molecule has 0 amide bonds. The molecule has 0 saturated heterocycles. The van der Waals surface area contributed by atoms with Crippen LogP contribution >= 0.6 is 0 Å². The largest absolute Gasteiger partial charge is 0.371 e. The molecular weight excluding hydrogens is 234 g/mol. The van der Waals surface area contributed by atoms with Gasteiger partial charge in [0, 0.05) is 6.54 Å². The van der Waals surface area contributed by atoms with Gasteiger partial charge in [-0.3, -0.25) is 0 Å². The molecule has 1 atom stereocenters. The van der Waals surface area contributed by atoms with Gasteiger partial charge in [-0.2, -0.15) is 0 Å². The number of hydrogen-bond acceptors (Lipinski definition) is 2. The second-order valence-corrected chi connectivity index (χ2v) is 6.41. The van der Waals surface area contributed by atoms with E-state index < -0.39 is 0 Å². The molecule has 0 spiro atoms. The van der Waals surface area contributed by atoms with Crippen molar-refractivity contribution in [2.45, 2.75) is 90.8 Å². The van der Waals surface area contributed by atoms with Crippen LogP contribution in [0.2, 0.25) is 0 Å². The summed E-state index contributed by atoms with van der Waals surface area (Å²) in [4.78, 5) is 0. The SMILES string of the molecule is CCCC1CCC(CNCC)(OC(C)CCC)CC1. The van der Waals surface area contributed by atoms with Gasteiger partial charge >= 0.3 is 0 Å². The monoisotopic (exact) mass is 269 g/mol. The van der Waals surface area contributed by atoms with E-state index in [1.54, 1.807) is 0 Å². The van der Waals surface area contributed by atoms with E-state index in [0.717, 1.165) is 19.0 Å². The molecule has 0 aromatic carbocycles. The van der Waals surface area contributed by atoms with Crippen LogP contribution in [0.25, 0.3) is 0 Å². The summed E-state index contributed by atoms with van der Waals surface area (Å²) in [7, 11) is 0. The first kappa shape index (κ1) is 17.0. The quantitative estimate of drug-likeness (QED) is 0.664. The van der Waals surface area contributed by atoms with Gasteiger partial charge in [-0.05, 0) is 51.5 Å². The Bertz CT molecular complexity index is 221. The van der Waals surface area contributed by atoms with Gasteiger partial charge in [0.1, 0.15) is 0 Å². The molecule has 0 bridgehead atoms. The van der Waals surface area contributed by atoms with Crippen molar-refractivity contribution in [3.63, 3.8) is 0 Å². The minimum atomic E-state index is 0.120. The van der Waals surface area contributed by atoms with Crippen molar-refractivity contribution in [2.24, 2.45) is 5.92 Å². The predicted octanol–water partition coefficient (Wildman–Crippen LogP) is 4.53. The van der Waals surface area contributed by atoms with E-state index in [-0.39, 0.29) is 5.60 Å². The summed E-state index contributed by atoms with van der Waals surface area (Å²) in [5.74, 6) is 0.949. The second kappa shape index (κ2) is 8.97. The fraction of sp³-hybridized carbons (Fsp3) is 1.00. The van der Waals surface area contributed by atoms with Gasteiger partial charge in [0.2, 0.25) is 0 Å². The fourth-order valence-corrected chi connectivity index (χ4v) is 3.48. The summed E-state index contributed by atoms with van der Waals surface area (Å²) in [6.07, 6.45) is 10.8. The number of hydrogen-bond donors (Lipinski definition) is 1. The predicted molar refractivity (Wildman–Crippen MR) is 83.6 cm³/mol.